The van der Waals surface area contributed by atoms with Crippen molar-refractivity contribution in [2.75, 3.05) is 0 Å². The van der Waals surface area contributed by atoms with E-state index in [4.69, 9.17) is 0 Å². The summed E-state index contributed by atoms with van der Waals surface area (Å²) in [5, 5.41) is 12.5. The van der Waals surface area contributed by atoms with Gasteiger partial charge in [0.15, 0.2) is 0 Å². The number of aromatic nitrogens is 2. The Morgan fingerprint density at radius 3 is 2.47 bits per heavy atom. The van der Waals surface area contributed by atoms with Crippen molar-refractivity contribution < 1.29 is 9.90 Å². The molecule has 1 rings (SSSR count). The minimum absolute atomic E-state index is 0.523. The van der Waals surface area contributed by atoms with Crippen LogP contribution in [0.3, 0.4) is 0 Å². The molecule has 0 aliphatic rings. The van der Waals surface area contributed by atoms with Crippen molar-refractivity contribution in [3.63, 3.8) is 0 Å². The quantitative estimate of drug-likeness (QED) is 0.815. The molecule has 0 bridgehead atoms. The molecule has 0 unspecified atom stereocenters. The van der Waals surface area contributed by atoms with E-state index in [1.54, 1.807) is 20.0 Å². The number of nitrogens with zero attached hydrogens (tertiary/aromatic N) is 2. The second-order valence-corrected chi connectivity index (χ2v) is 5.36. The fraction of sp³-hybridized carbons (Fsp3) is 0.667. The van der Waals surface area contributed by atoms with Crippen LogP contribution in [0.1, 0.15) is 33.5 Å². The van der Waals surface area contributed by atoms with Gasteiger partial charge < -0.3 is 15.0 Å². The summed E-state index contributed by atoms with van der Waals surface area (Å²) in [5.41, 5.74) is -1.37. The lowest BCUT2D eigenvalue weighted by Crippen LogP contribution is -2.54. The zero-order valence-electron chi connectivity index (χ0n) is 11.1. The highest BCUT2D eigenvalue weighted by Crippen LogP contribution is 2.30. The van der Waals surface area contributed by atoms with E-state index in [1.807, 2.05) is 31.7 Å². The SMILES string of the molecule is Cn1ccnc1CNC(C)(C)C(C)(C)C(=O)O. The van der Waals surface area contributed by atoms with Gasteiger partial charge in [0.25, 0.3) is 0 Å². The van der Waals surface area contributed by atoms with Crippen LogP contribution in [0.5, 0.6) is 0 Å². The second kappa shape index (κ2) is 4.49. The summed E-state index contributed by atoms with van der Waals surface area (Å²) < 4.78 is 1.91. The number of carboxylic acids is 1. The van der Waals surface area contributed by atoms with Crippen LogP contribution in [-0.2, 0) is 18.4 Å². The second-order valence-electron chi connectivity index (χ2n) is 5.36. The Balaban J connectivity index is 2.74. The Labute approximate surface area is 102 Å². The molecule has 5 nitrogen and oxygen atoms in total. The fourth-order valence-corrected chi connectivity index (χ4v) is 1.36. The van der Waals surface area contributed by atoms with Crippen molar-refractivity contribution in [1.29, 1.82) is 0 Å². The van der Waals surface area contributed by atoms with Crippen LogP contribution in [0.15, 0.2) is 12.4 Å². The number of aryl methyl sites for hydroxylation is 1. The highest BCUT2D eigenvalue weighted by atomic mass is 16.4. The van der Waals surface area contributed by atoms with Gasteiger partial charge in [0.05, 0.1) is 12.0 Å². The van der Waals surface area contributed by atoms with Gasteiger partial charge in [0.2, 0.25) is 0 Å². The van der Waals surface area contributed by atoms with Gasteiger partial charge in [0, 0.05) is 25.0 Å². The molecule has 96 valence electrons. The Morgan fingerprint density at radius 1 is 1.47 bits per heavy atom. The van der Waals surface area contributed by atoms with E-state index >= 15 is 0 Å². The van der Waals surface area contributed by atoms with E-state index < -0.39 is 16.9 Å². The van der Waals surface area contributed by atoms with Crippen LogP contribution in [0.2, 0.25) is 0 Å². The van der Waals surface area contributed by atoms with Crippen LogP contribution in [0, 0.1) is 5.41 Å². The lowest BCUT2D eigenvalue weighted by Gasteiger charge is -2.39. The third-order valence-corrected chi connectivity index (χ3v) is 3.71. The number of hydrogen-bond donors (Lipinski definition) is 2. The molecule has 0 saturated carbocycles. The van der Waals surface area contributed by atoms with E-state index in [0.29, 0.717) is 6.54 Å². The van der Waals surface area contributed by atoms with E-state index in [2.05, 4.69) is 10.3 Å². The molecule has 0 aliphatic carbocycles. The number of imidazole rings is 1. The standard InChI is InChI=1S/C12H21N3O2/c1-11(2,10(16)17)12(3,4)14-8-9-13-6-7-15(9)5/h6-7,14H,8H2,1-5H3,(H,16,17). The number of carbonyl (C=O) groups is 1. The summed E-state index contributed by atoms with van der Waals surface area (Å²) in [7, 11) is 1.92. The third kappa shape index (κ3) is 2.66. The van der Waals surface area contributed by atoms with Gasteiger partial charge in [-0.05, 0) is 27.7 Å². The lowest BCUT2D eigenvalue weighted by molar-refractivity contribution is -0.151. The number of nitrogens with one attached hydrogen (secondary N) is 1. The van der Waals surface area contributed by atoms with Crippen molar-refractivity contribution in [3.05, 3.63) is 18.2 Å². The normalized spacial score (nSPS) is 12.8. The maximum Gasteiger partial charge on any atom is 0.310 e. The number of rotatable bonds is 5. The Kier molecular flexibility index (Phi) is 3.62. The zero-order valence-corrected chi connectivity index (χ0v) is 11.1. The highest BCUT2D eigenvalue weighted by molar-refractivity contribution is 5.75. The van der Waals surface area contributed by atoms with Crippen LogP contribution in [0.25, 0.3) is 0 Å². The topological polar surface area (TPSA) is 67.2 Å². The predicted octanol–water partition coefficient (Wildman–Crippen LogP) is 1.40. The molecule has 5 heteroatoms. The van der Waals surface area contributed by atoms with Gasteiger partial charge in [0.1, 0.15) is 5.82 Å². The molecule has 1 heterocycles. The minimum atomic E-state index is -0.849. The lowest BCUT2D eigenvalue weighted by atomic mass is 9.74. The first-order valence-electron chi connectivity index (χ1n) is 5.63. The average molecular weight is 239 g/mol. The van der Waals surface area contributed by atoms with Gasteiger partial charge in [-0.3, -0.25) is 4.79 Å². The number of hydrogen-bond acceptors (Lipinski definition) is 3. The molecule has 0 radical (unpaired) electrons. The summed E-state index contributed by atoms with van der Waals surface area (Å²) in [6, 6.07) is 0. The van der Waals surface area contributed by atoms with Gasteiger partial charge in [-0.2, -0.15) is 0 Å². The van der Waals surface area contributed by atoms with Crippen LogP contribution < -0.4 is 5.32 Å². The average Bonchev–Trinajstić information content (AvgIpc) is 2.60. The van der Waals surface area contributed by atoms with E-state index in [-0.39, 0.29) is 0 Å². The maximum absolute atomic E-state index is 11.2. The molecule has 0 amide bonds. The molecule has 0 fully saturated rings. The van der Waals surface area contributed by atoms with Crippen LogP contribution in [0.4, 0.5) is 0 Å². The van der Waals surface area contributed by atoms with Crippen molar-refractivity contribution in [2.24, 2.45) is 12.5 Å². The minimum Gasteiger partial charge on any atom is -0.481 e. The van der Waals surface area contributed by atoms with Crippen molar-refractivity contribution in [2.45, 2.75) is 39.8 Å². The van der Waals surface area contributed by atoms with Gasteiger partial charge in [-0.15, -0.1) is 0 Å². The molecule has 0 aromatic carbocycles. The molecule has 0 saturated heterocycles. The van der Waals surface area contributed by atoms with E-state index in [9.17, 15) is 9.90 Å². The zero-order chi connectivity index (χ0) is 13.3. The van der Waals surface area contributed by atoms with Gasteiger partial charge in [-0.1, -0.05) is 0 Å². The first kappa shape index (κ1) is 13.7. The number of carboxylic acid groups (broad SMARTS) is 1. The molecule has 17 heavy (non-hydrogen) atoms. The monoisotopic (exact) mass is 239 g/mol. The third-order valence-electron chi connectivity index (χ3n) is 3.71. The van der Waals surface area contributed by atoms with E-state index in [1.165, 1.54) is 0 Å². The van der Waals surface area contributed by atoms with Crippen molar-refractivity contribution >= 4 is 5.97 Å². The molecular weight excluding hydrogens is 218 g/mol. The predicted molar refractivity (Wildman–Crippen MR) is 65.5 cm³/mol. The van der Waals surface area contributed by atoms with Crippen LogP contribution in [-0.4, -0.2) is 26.2 Å². The van der Waals surface area contributed by atoms with Crippen LogP contribution >= 0.6 is 0 Å². The Morgan fingerprint density at radius 2 is 2.06 bits per heavy atom. The van der Waals surface area contributed by atoms with Crippen molar-refractivity contribution in [3.8, 4) is 0 Å². The molecule has 0 spiro atoms. The highest BCUT2D eigenvalue weighted by Gasteiger charge is 2.43. The van der Waals surface area contributed by atoms with E-state index in [0.717, 1.165) is 5.82 Å². The molecule has 1 aromatic rings. The van der Waals surface area contributed by atoms with Crippen molar-refractivity contribution in [1.82, 2.24) is 14.9 Å². The molecule has 0 atom stereocenters. The molecule has 1 aromatic heterocycles. The Bertz CT molecular complexity index is 408. The molecule has 2 N–H and O–H groups in total. The summed E-state index contributed by atoms with van der Waals surface area (Å²) in [4.78, 5) is 15.4. The Hall–Kier alpha value is -1.36. The first-order chi connectivity index (χ1) is 7.68. The summed E-state index contributed by atoms with van der Waals surface area (Å²) in [5.74, 6) is 0.0779. The maximum atomic E-state index is 11.2. The fourth-order valence-electron chi connectivity index (χ4n) is 1.36. The summed E-state index contributed by atoms with van der Waals surface area (Å²) in [6.07, 6.45) is 3.60. The van der Waals surface area contributed by atoms with Gasteiger partial charge in [-0.25, -0.2) is 4.98 Å². The molecular formula is C12H21N3O2. The largest absolute Gasteiger partial charge is 0.481 e. The summed E-state index contributed by atoms with van der Waals surface area (Å²) in [6.45, 7) is 7.78. The van der Waals surface area contributed by atoms with Gasteiger partial charge >= 0.3 is 5.97 Å². The smallest absolute Gasteiger partial charge is 0.310 e. The molecule has 0 aliphatic heterocycles. The number of aliphatic carboxylic acids is 1. The first-order valence-corrected chi connectivity index (χ1v) is 5.63. The summed E-state index contributed by atoms with van der Waals surface area (Å²) >= 11 is 0.